The minimum atomic E-state index is 0.0161. The molecule has 116 valence electrons. The summed E-state index contributed by atoms with van der Waals surface area (Å²) < 4.78 is 0. The molecule has 2 unspecified atom stereocenters. The molecule has 5 heteroatoms. The summed E-state index contributed by atoms with van der Waals surface area (Å²) in [6.45, 7) is 6.38. The van der Waals surface area contributed by atoms with E-state index in [0.717, 1.165) is 18.4 Å². The summed E-state index contributed by atoms with van der Waals surface area (Å²) >= 11 is 0. The van der Waals surface area contributed by atoms with Crippen molar-refractivity contribution in [3.8, 4) is 0 Å². The van der Waals surface area contributed by atoms with Crippen LogP contribution in [-0.4, -0.2) is 23.0 Å². The molecule has 0 aliphatic rings. The second kappa shape index (κ2) is 8.29. The van der Waals surface area contributed by atoms with Gasteiger partial charge in [0.05, 0.1) is 6.42 Å². The lowest BCUT2D eigenvalue weighted by atomic mass is 10.00. The number of oxime groups is 1. The van der Waals surface area contributed by atoms with E-state index in [0.29, 0.717) is 17.9 Å². The van der Waals surface area contributed by atoms with Crippen molar-refractivity contribution in [2.75, 3.05) is 0 Å². The van der Waals surface area contributed by atoms with E-state index < -0.39 is 0 Å². The van der Waals surface area contributed by atoms with E-state index in [1.54, 1.807) is 12.1 Å². The lowest BCUT2D eigenvalue weighted by Crippen LogP contribution is -2.34. The number of hydrogen-bond acceptors (Lipinski definition) is 3. The van der Waals surface area contributed by atoms with Crippen LogP contribution >= 0.6 is 0 Å². The normalized spacial score (nSPS) is 14.5. The summed E-state index contributed by atoms with van der Waals surface area (Å²) in [6, 6.07) is 7.28. The van der Waals surface area contributed by atoms with Gasteiger partial charge in [0.2, 0.25) is 5.91 Å². The number of carbonyl (C=O) groups excluding carboxylic acids is 1. The summed E-state index contributed by atoms with van der Waals surface area (Å²) in [5.41, 5.74) is 7.02. The molecular formula is C16H25N3O2. The van der Waals surface area contributed by atoms with Crippen LogP contribution in [0.1, 0.15) is 44.7 Å². The van der Waals surface area contributed by atoms with Gasteiger partial charge in [-0.05, 0) is 24.8 Å². The fraction of sp³-hybridized carbons (Fsp3) is 0.500. The smallest absolute Gasteiger partial charge is 0.224 e. The lowest BCUT2D eigenvalue weighted by molar-refractivity contribution is -0.121. The number of amidine groups is 1. The van der Waals surface area contributed by atoms with E-state index in [9.17, 15) is 4.79 Å². The summed E-state index contributed by atoms with van der Waals surface area (Å²) in [7, 11) is 0. The van der Waals surface area contributed by atoms with Crippen molar-refractivity contribution >= 4 is 11.7 Å². The largest absolute Gasteiger partial charge is 0.409 e. The molecule has 4 N–H and O–H groups in total. The average Bonchev–Trinajstić information content (AvgIpc) is 2.46. The van der Waals surface area contributed by atoms with Crippen LogP contribution in [-0.2, 0) is 11.2 Å². The number of nitrogens with zero attached hydrogens (tertiary/aromatic N) is 1. The Bertz CT molecular complexity index is 483. The molecule has 1 amide bonds. The van der Waals surface area contributed by atoms with Crippen LogP contribution in [0, 0.1) is 5.92 Å². The van der Waals surface area contributed by atoms with Crippen molar-refractivity contribution in [3.63, 3.8) is 0 Å². The van der Waals surface area contributed by atoms with Crippen LogP contribution in [0.2, 0.25) is 0 Å². The van der Waals surface area contributed by atoms with E-state index in [-0.39, 0.29) is 17.8 Å². The molecule has 21 heavy (non-hydrogen) atoms. The second-order valence-corrected chi connectivity index (χ2v) is 5.58. The first-order chi connectivity index (χ1) is 9.96. The predicted molar refractivity (Wildman–Crippen MR) is 84.3 cm³/mol. The zero-order valence-electron chi connectivity index (χ0n) is 13.0. The van der Waals surface area contributed by atoms with Gasteiger partial charge in [-0.2, -0.15) is 0 Å². The van der Waals surface area contributed by atoms with Gasteiger partial charge in [0.25, 0.3) is 0 Å². The molecule has 1 aromatic rings. The third-order valence-electron chi connectivity index (χ3n) is 3.58. The average molecular weight is 291 g/mol. The number of amides is 1. The number of carbonyl (C=O) groups is 1. The van der Waals surface area contributed by atoms with Crippen molar-refractivity contribution in [2.45, 2.75) is 46.1 Å². The van der Waals surface area contributed by atoms with Gasteiger partial charge in [-0.1, -0.05) is 49.7 Å². The molecule has 0 fully saturated rings. The zero-order valence-corrected chi connectivity index (χ0v) is 13.0. The number of nitrogens with one attached hydrogen (secondary N) is 1. The van der Waals surface area contributed by atoms with Crippen molar-refractivity contribution in [3.05, 3.63) is 35.4 Å². The highest BCUT2D eigenvalue weighted by molar-refractivity contribution is 5.97. The van der Waals surface area contributed by atoms with Gasteiger partial charge < -0.3 is 16.3 Å². The molecule has 0 radical (unpaired) electrons. The van der Waals surface area contributed by atoms with E-state index in [4.69, 9.17) is 10.9 Å². The molecular weight excluding hydrogens is 266 g/mol. The quantitative estimate of drug-likeness (QED) is 0.312. The minimum Gasteiger partial charge on any atom is -0.409 e. The van der Waals surface area contributed by atoms with Crippen LogP contribution in [0.15, 0.2) is 29.4 Å². The Hall–Kier alpha value is -2.04. The number of benzene rings is 1. The van der Waals surface area contributed by atoms with Crippen LogP contribution < -0.4 is 11.1 Å². The van der Waals surface area contributed by atoms with E-state index in [1.807, 2.05) is 19.1 Å². The van der Waals surface area contributed by atoms with Gasteiger partial charge in [0.1, 0.15) is 0 Å². The highest BCUT2D eigenvalue weighted by Crippen LogP contribution is 2.10. The van der Waals surface area contributed by atoms with Crippen LogP contribution in [0.5, 0.6) is 0 Å². The van der Waals surface area contributed by atoms with Crippen molar-refractivity contribution in [1.29, 1.82) is 0 Å². The first-order valence-corrected chi connectivity index (χ1v) is 7.32. The molecule has 0 aliphatic carbocycles. The fourth-order valence-electron chi connectivity index (χ4n) is 2.19. The molecule has 2 atom stereocenters. The van der Waals surface area contributed by atoms with Gasteiger partial charge >= 0.3 is 0 Å². The minimum absolute atomic E-state index is 0.0161. The van der Waals surface area contributed by atoms with Crippen molar-refractivity contribution in [1.82, 2.24) is 5.32 Å². The Kier molecular flexibility index (Phi) is 6.72. The van der Waals surface area contributed by atoms with E-state index in [2.05, 4.69) is 24.3 Å². The Morgan fingerprint density at radius 3 is 2.48 bits per heavy atom. The summed E-state index contributed by atoms with van der Waals surface area (Å²) in [4.78, 5) is 12.0. The third kappa shape index (κ3) is 5.85. The molecule has 0 spiro atoms. The second-order valence-electron chi connectivity index (χ2n) is 5.58. The number of hydrogen-bond donors (Lipinski definition) is 3. The maximum Gasteiger partial charge on any atom is 0.224 e. The highest BCUT2D eigenvalue weighted by atomic mass is 16.4. The Labute approximate surface area is 126 Å². The number of nitrogens with two attached hydrogens (primary N) is 1. The van der Waals surface area contributed by atoms with Gasteiger partial charge in [-0.3, -0.25) is 4.79 Å². The van der Waals surface area contributed by atoms with Gasteiger partial charge in [0, 0.05) is 11.6 Å². The maximum atomic E-state index is 12.0. The first-order valence-electron chi connectivity index (χ1n) is 7.32. The van der Waals surface area contributed by atoms with Gasteiger partial charge in [0.15, 0.2) is 5.84 Å². The lowest BCUT2D eigenvalue weighted by Gasteiger charge is -2.17. The van der Waals surface area contributed by atoms with Crippen molar-refractivity contribution in [2.24, 2.45) is 16.8 Å². The third-order valence-corrected chi connectivity index (χ3v) is 3.58. The monoisotopic (exact) mass is 291 g/mol. The molecule has 0 aliphatic heterocycles. The van der Waals surface area contributed by atoms with Crippen molar-refractivity contribution < 1.29 is 10.0 Å². The Morgan fingerprint density at radius 1 is 1.33 bits per heavy atom. The topological polar surface area (TPSA) is 87.7 Å². The molecule has 0 saturated carbocycles. The van der Waals surface area contributed by atoms with E-state index in [1.165, 1.54) is 0 Å². The molecule has 1 rings (SSSR count). The number of rotatable bonds is 7. The van der Waals surface area contributed by atoms with Crippen LogP contribution in [0.3, 0.4) is 0 Å². The molecule has 0 saturated heterocycles. The first kappa shape index (κ1) is 17.0. The van der Waals surface area contributed by atoms with E-state index >= 15 is 0 Å². The SMILES string of the molecule is CCC(C)CC(C)NC(=O)Cc1ccc(C(N)=NO)cc1. The Morgan fingerprint density at radius 2 is 1.95 bits per heavy atom. The summed E-state index contributed by atoms with van der Waals surface area (Å²) in [5.74, 6) is 0.691. The van der Waals surface area contributed by atoms with Gasteiger partial charge in [-0.25, -0.2) is 0 Å². The standard InChI is InChI=1S/C16H25N3O2/c1-4-11(2)9-12(3)18-15(20)10-13-5-7-14(8-6-13)16(17)19-21/h5-8,11-12,21H,4,9-10H2,1-3H3,(H2,17,19)(H,18,20). The molecule has 0 aromatic heterocycles. The summed E-state index contributed by atoms with van der Waals surface area (Å²) in [6.07, 6.45) is 2.45. The van der Waals surface area contributed by atoms with Gasteiger partial charge in [-0.15, -0.1) is 0 Å². The zero-order chi connectivity index (χ0) is 15.8. The predicted octanol–water partition coefficient (Wildman–Crippen LogP) is 2.26. The fourth-order valence-corrected chi connectivity index (χ4v) is 2.19. The molecule has 0 bridgehead atoms. The van der Waals surface area contributed by atoms with Crippen LogP contribution in [0.25, 0.3) is 0 Å². The summed E-state index contributed by atoms with van der Waals surface area (Å²) in [5, 5.41) is 14.5. The van der Waals surface area contributed by atoms with Crippen LogP contribution in [0.4, 0.5) is 0 Å². The molecule has 5 nitrogen and oxygen atoms in total. The Balaban J connectivity index is 2.51. The maximum absolute atomic E-state index is 12.0. The highest BCUT2D eigenvalue weighted by Gasteiger charge is 2.11. The molecule has 0 heterocycles. The molecule has 1 aromatic carbocycles.